The SMILES string of the molecule is COc1ccc([C@@]2(O)CC[C@]3(O)[C@@H]4CC[C@@H]5C/C(=N/N=C(N)N)CC[C@]5(C)[C@H]4CC[C@]23C)cc1. The van der Waals surface area contributed by atoms with Gasteiger partial charge in [-0.05, 0) is 98.7 Å². The number of hydrogen-bond acceptors (Lipinski definition) is 5. The van der Waals surface area contributed by atoms with Crippen molar-refractivity contribution in [2.24, 2.45) is 50.3 Å². The Morgan fingerprint density at radius 2 is 1.71 bits per heavy atom. The molecule has 7 nitrogen and oxygen atoms in total. The molecule has 34 heavy (non-hydrogen) atoms. The molecule has 0 aromatic heterocycles. The second-order valence-corrected chi connectivity index (χ2v) is 11.8. The van der Waals surface area contributed by atoms with Crippen LogP contribution in [0.5, 0.6) is 5.75 Å². The second-order valence-electron chi connectivity index (χ2n) is 11.8. The largest absolute Gasteiger partial charge is 0.497 e. The Hall–Kier alpha value is -2.12. The van der Waals surface area contributed by atoms with Gasteiger partial charge in [-0.15, -0.1) is 5.10 Å². The summed E-state index contributed by atoms with van der Waals surface area (Å²) in [6.07, 6.45) is 8.03. The summed E-state index contributed by atoms with van der Waals surface area (Å²) < 4.78 is 5.32. The standard InChI is InChI=1S/C27H40N4O3/c1-24-12-10-19(30-31-23(28)29)16-18(24)6-9-22-21(24)11-13-25(2)26(32,14-15-27(22,25)33)17-4-7-20(34-3)8-5-17/h4-5,7-8,18,21-22,32-33H,6,9-16H2,1-3H3,(H4,28,29,31)/b30-19+/t18-,21+,22-,24+,25-,26+,27+/m1/s1. The van der Waals surface area contributed by atoms with Crippen LogP contribution in [0.25, 0.3) is 0 Å². The third-order valence-corrected chi connectivity index (χ3v) is 10.7. The molecule has 1 aromatic carbocycles. The van der Waals surface area contributed by atoms with Crippen LogP contribution in [0.2, 0.25) is 0 Å². The fourth-order valence-electron chi connectivity index (χ4n) is 8.59. The van der Waals surface area contributed by atoms with Crippen molar-refractivity contribution < 1.29 is 14.9 Å². The zero-order valence-corrected chi connectivity index (χ0v) is 20.8. The van der Waals surface area contributed by atoms with Crippen LogP contribution in [0, 0.1) is 28.6 Å². The number of nitrogens with zero attached hydrogens (tertiary/aromatic N) is 2. The van der Waals surface area contributed by atoms with Crippen LogP contribution >= 0.6 is 0 Å². The van der Waals surface area contributed by atoms with Crippen molar-refractivity contribution in [1.29, 1.82) is 0 Å². The van der Waals surface area contributed by atoms with Gasteiger partial charge in [0.05, 0.1) is 18.3 Å². The Bertz CT molecular complexity index is 1010. The number of aliphatic hydroxyl groups is 2. The molecule has 4 aliphatic rings. The zero-order valence-electron chi connectivity index (χ0n) is 20.8. The maximum atomic E-state index is 12.4. The minimum absolute atomic E-state index is 0.00362. The van der Waals surface area contributed by atoms with E-state index in [2.05, 4.69) is 24.1 Å². The van der Waals surface area contributed by atoms with Crippen molar-refractivity contribution in [2.75, 3.05) is 7.11 Å². The van der Waals surface area contributed by atoms with E-state index in [1.165, 1.54) is 0 Å². The van der Waals surface area contributed by atoms with E-state index in [1.54, 1.807) is 7.11 Å². The lowest BCUT2D eigenvalue weighted by Crippen LogP contribution is -2.64. The van der Waals surface area contributed by atoms with Crippen molar-refractivity contribution in [3.05, 3.63) is 29.8 Å². The fraction of sp³-hybridized carbons (Fsp3) is 0.704. The summed E-state index contributed by atoms with van der Waals surface area (Å²) in [4.78, 5) is 0. The van der Waals surface area contributed by atoms with Gasteiger partial charge >= 0.3 is 0 Å². The zero-order chi connectivity index (χ0) is 24.4. The highest BCUT2D eigenvalue weighted by molar-refractivity contribution is 5.86. The van der Waals surface area contributed by atoms with Crippen LogP contribution in [0.4, 0.5) is 0 Å². The van der Waals surface area contributed by atoms with Crippen molar-refractivity contribution >= 4 is 11.7 Å². The molecule has 186 valence electrons. The Balaban J connectivity index is 1.43. The molecule has 0 bridgehead atoms. The van der Waals surface area contributed by atoms with Gasteiger partial charge in [0.15, 0.2) is 0 Å². The highest BCUT2D eigenvalue weighted by Gasteiger charge is 2.71. The summed E-state index contributed by atoms with van der Waals surface area (Å²) in [5.41, 5.74) is 10.6. The van der Waals surface area contributed by atoms with Gasteiger partial charge < -0.3 is 26.4 Å². The number of methoxy groups -OCH3 is 1. The minimum Gasteiger partial charge on any atom is -0.497 e. The normalized spacial score (nSPS) is 44.6. The predicted octanol–water partition coefficient (Wildman–Crippen LogP) is 3.67. The van der Waals surface area contributed by atoms with Crippen LogP contribution in [0.1, 0.15) is 77.2 Å². The molecular formula is C27H40N4O3. The Kier molecular flexibility index (Phi) is 5.52. The van der Waals surface area contributed by atoms with Crippen molar-refractivity contribution in [2.45, 2.75) is 82.8 Å². The van der Waals surface area contributed by atoms with Crippen molar-refractivity contribution in [3.8, 4) is 5.75 Å². The maximum absolute atomic E-state index is 12.4. The molecule has 4 aliphatic carbocycles. The maximum Gasteiger partial charge on any atom is 0.211 e. The Morgan fingerprint density at radius 3 is 2.38 bits per heavy atom. The minimum atomic E-state index is -1.04. The smallest absolute Gasteiger partial charge is 0.211 e. The fourth-order valence-corrected chi connectivity index (χ4v) is 8.59. The Labute approximate surface area is 202 Å². The number of guanidine groups is 1. The van der Waals surface area contributed by atoms with E-state index in [-0.39, 0.29) is 17.3 Å². The molecule has 7 heteroatoms. The molecule has 0 radical (unpaired) electrons. The van der Waals surface area contributed by atoms with Crippen molar-refractivity contribution in [3.63, 3.8) is 0 Å². The van der Waals surface area contributed by atoms with Gasteiger partial charge in [0.25, 0.3) is 0 Å². The first-order valence-electron chi connectivity index (χ1n) is 12.8. The van der Waals surface area contributed by atoms with Crippen LogP contribution in [-0.2, 0) is 5.60 Å². The first-order chi connectivity index (χ1) is 16.1. The molecule has 0 aliphatic heterocycles. The molecule has 0 amide bonds. The highest BCUT2D eigenvalue weighted by atomic mass is 16.5. The first kappa shape index (κ1) is 23.6. The van der Waals surface area contributed by atoms with E-state index >= 15 is 0 Å². The number of nitrogens with two attached hydrogens (primary N) is 2. The molecule has 0 spiro atoms. The summed E-state index contributed by atoms with van der Waals surface area (Å²) in [6.45, 7) is 4.57. The second kappa shape index (κ2) is 7.95. The van der Waals surface area contributed by atoms with Crippen LogP contribution < -0.4 is 16.2 Å². The molecule has 0 saturated heterocycles. The van der Waals surface area contributed by atoms with E-state index in [0.717, 1.165) is 62.0 Å². The monoisotopic (exact) mass is 468 g/mol. The van der Waals surface area contributed by atoms with Gasteiger partial charge in [-0.2, -0.15) is 5.10 Å². The average molecular weight is 469 g/mol. The molecule has 7 atom stereocenters. The number of benzene rings is 1. The van der Waals surface area contributed by atoms with E-state index in [0.29, 0.717) is 24.7 Å². The van der Waals surface area contributed by atoms with Gasteiger partial charge in [0, 0.05) is 11.1 Å². The lowest BCUT2D eigenvalue weighted by molar-refractivity contribution is -0.233. The third kappa shape index (κ3) is 3.15. The molecule has 4 fully saturated rings. The quantitative estimate of drug-likeness (QED) is 0.306. The molecular weight excluding hydrogens is 428 g/mol. The van der Waals surface area contributed by atoms with Crippen LogP contribution in [0.3, 0.4) is 0 Å². The van der Waals surface area contributed by atoms with Crippen LogP contribution in [-0.4, -0.2) is 34.6 Å². The molecule has 0 unspecified atom stereocenters. The predicted molar refractivity (Wildman–Crippen MR) is 133 cm³/mol. The van der Waals surface area contributed by atoms with Gasteiger partial charge in [-0.1, -0.05) is 26.0 Å². The third-order valence-electron chi connectivity index (χ3n) is 10.7. The lowest BCUT2D eigenvalue weighted by atomic mass is 9.43. The van der Waals surface area contributed by atoms with Gasteiger partial charge in [-0.3, -0.25) is 0 Å². The lowest BCUT2D eigenvalue weighted by Gasteiger charge is -2.64. The van der Waals surface area contributed by atoms with Gasteiger partial charge in [-0.25, -0.2) is 0 Å². The number of fused-ring (bicyclic) bond motifs is 5. The molecule has 6 N–H and O–H groups in total. The average Bonchev–Trinajstić information content (AvgIpc) is 3.05. The number of rotatable bonds is 3. The van der Waals surface area contributed by atoms with E-state index in [9.17, 15) is 10.2 Å². The Morgan fingerprint density at radius 1 is 0.971 bits per heavy atom. The van der Waals surface area contributed by atoms with E-state index in [4.69, 9.17) is 16.2 Å². The van der Waals surface area contributed by atoms with Crippen LogP contribution in [0.15, 0.2) is 34.5 Å². The summed E-state index contributed by atoms with van der Waals surface area (Å²) in [7, 11) is 1.65. The highest BCUT2D eigenvalue weighted by Crippen LogP contribution is 2.71. The first-order valence-corrected chi connectivity index (χ1v) is 12.8. The summed E-state index contributed by atoms with van der Waals surface area (Å²) >= 11 is 0. The summed E-state index contributed by atoms with van der Waals surface area (Å²) in [5, 5.41) is 32.7. The van der Waals surface area contributed by atoms with E-state index in [1.807, 2.05) is 24.3 Å². The van der Waals surface area contributed by atoms with Crippen molar-refractivity contribution in [1.82, 2.24) is 0 Å². The van der Waals surface area contributed by atoms with Gasteiger partial charge in [0.2, 0.25) is 5.96 Å². The number of ether oxygens (including phenoxy) is 1. The molecule has 0 heterocycles. The molecule has 5 rings (SSSR count). The number of hydrogen-bond donors (Lipinski definition) is 4. The van der Waals surface area contributed by atoms with E-state index < -0.39 is 16.6 Å². The topological polar surface area (TPSA) is 126 Å². The molecule has 4 saturated carbocycles. The summed E-state index contributed by atoms with van der Waals surface area (Å²) in [6, 6.07) is 7.77. The van der Waals surface area contributed by atoms with Gasteiger partial charge in [0.1, 0.15) is 5.75 Å². The molecule has 1 aromatic rings. The summed E-state index contributed by atoms with van der Waals surface area (Å²) in [5.74, 6) is 1.97.